The molecule has 5 heteroatoms. The Balaban J connectivity index is 1.38. The van der Waals surface area contributed by atoms with Crippen molar-refractivity contribution in [2.45, 2.75) is 38.2 Å². The lowest BCUT2D eigenvalue weighted by Crippen LogP contribution is -2.37. The molecule has 4 heterocycles. The molecule has 0 atom stereocenters. The fourth-order valence-corrected chi connectivity index (χ4v) is 3.98. The minimum Gasteiger partial charge on any atom is -0.378 e. The van der Waals surface area contributed by atoms with Crippen LogP contribution in [0, 0.1) is 5.92 Å². The van der Waals surface area contributed by atoms with Crippen LogP contribution < -0.4 is 10.2 Å². The zero-order chi connectivity index (χ0) is 15.9. The van der Waals surface area contributed by atoms with Crippen LogP contribution >= 0.6 is 0 Å². The van der Waals surface area contributed by atoms with Crippen LogP contribution in [0.3, 0.4) is 0 Å². The van der Waals surface area contributed by atoms with Gasteiger partial charge in [0.15, 0.2) is 0 Å². The van der Waals surface area contributed by atoms with E-state index >= 15 is 0 Å². The minimum absolute atomic E-state index is 0.448. The summed E-state index contributed by atoms with van der Waals surface area (Å²) >= 11 is 0. The van der Waals surface area contributed by atoms with Crippen molar-refractivity contribution in [3.63, 3.8) is 0 Å². The Hall–Kier alpha value is -1.88. The van der Waals surface area contributed by atoms with Crippen LogP contribution in [0.15, 0.2) is 18.5 Å². The second-order valence-corrected chi connectivity index (χ2v) is 7.32. The Morgan fingerprint density at radius 3 is 2.88 bits per heavy atom. The van der Waals surface area contributed by atoms with Gasteiger partial charge >= 0.3 is 0 Å². The molecule has 0 unspecified atom stereocenters. The molecule has 1 saturated carbocycles. The van der Waals surface area contributed by atoms with E-state index in [9.17, 15) is 0 Å². The number of anilines is 2. The number of aromatic nitrogens is 2. The van der Waals surface area contributed by atoms with Gasteiger partial charge in [-0.3, -0.25) is 4.98 Å². The Morgan fingerprint density at radius 1 is 1.17 bits per heavy atom. The minimum atomic E-state index is 0.448. The first-order chi connectivity index (χ1) is 11.9. The van der Waals surface area contributed by atoms with Gasteiger partial charge in [0.05, 0.1) is 17.8 Å². The van der Waals surface area contributed by atoms with Crippen molar-refractivity contribution < 1.29 is 4.74 Å². The lowest BCUT2D eigenvalue weighted by atomic mass is 10.0. The third-order valence-electron chi connectivity index (χ3n) is 5.58. The van der Waals surface area contributed by atoms with Crippen LogP contribution in [0.2, 0.25) is 0 Å². The van der Waals surface area contributed by atoms with Crippen molar-refractivity contribution in [2.75, 3.05) is 36.5 Å². The Bertz CT molecular complexity index is 750. The van der Waals surface area contributed by atoms with Gasteiger partial charge in [0.1, 0.15) is 5.82 Å². The molecule has 126 valence electrons. The predicted octanol–water partition coefficient (Wildman–Crippen LogP) is 2.99. The highest BCUT2D eigenvalue weighted by atomic mass is 16.5. The summed E-state index contributed by atoms with van der Waals surface area (Å²) in [6.45, 7) is 4.10. The highest BCUT2D eigenvalue weighted by Gasteiger charge is 2.27. The quantitative estimate of drug-likeness (QED) is 0.937. The summed E-state index contributed by atoms with van der Waals surface area (Å²) in [6.07, 6.45) is 10.3. The Labute approximate surface area is 142 Å². The van der Waals surface area contributed by atoms with Gasteiger partial charge in [-0.25, -0.2) is 4.98 Å². The van der Waals surface area contributed by atoms with Crippen molar-refractivity contribution in [1.82, 2.24) is 9.97 Å². The first-order valence-electron chi connectivity index (χ1n) is 9.25. The van der Waals surface area contributed by atoms with E-state index in [0.29, 0.717) is 6.10 Å². The van der Waals surface area contributed by atoms with Crippen LogP contribution in [0.5, 0.6) is 0 Å². The second-order valence-electron chi connectivity index (χ2n) is 7.32. The summed E-state index contributed by atoms with van der Waals surface area (Å²) in [4.78, 5) is 11.6. The first-order valence-corrected chi connectivity index (χ1v) is 9.25. The highest BCUT2D eigenvalue weighted by Crippen LogP contribution is 2.36. The van der Waals surface area contributed by atoms with E-state index in [4.69, 9.17) is 4.74 Å². The average Bonchev–Trinajstić information content (AvgIpc) is 3.34. The molecule has 2 fully saturated rings. The summed E-state index contributed by atoms with van der Waals surface area (Å²) in [7, 11) is 0. The zero-order valence-corrected chi connectivity index (χ0v) is 14.0. The molecule has 1 saturated heterocycles. The molecule has 2 aromatic heterocycles. The number of pyridine rings is 2. The van der Waals surface area contributed by atoms with Crippen LogP contribution in [0.25, 0.3) is 10.9 Å². The molecule has 3 aliphatic rings. The van der Waals surface area contributed by atoms with Gasteiger partial charge in [-0.2, -0.15) is 0 Å². The molecule has 0 amide bonds. The maximum absolute atomic E-state index is 6.09. The van der Waals surface area contributed by atoms with E-state index in [1.165, 1.54) is 29.5 Å². The van der Waals surface area contributed by atoms with Crippen molar-refractivity contribution >= 4 is 22.4 Å². The van der Waals surface area contributed by atoms with Crippen molar-refractivity contribution in [3.8, 4) is 0 Å². The van der Waals surface area contributed by atoms with E-state index < -0.39 is 0 Å². The van der Waals surface area contributed by atoms with Crippen molar-refractivity contribution in [3.05, 3.63) is 24.0 Å². The molecular formula is C19H24N4O. The maximum atomic E-state index is 6.09. The zero-order valence-electron chi connectivity index (χ0n) is 14.0. The fraction of sp³-hybridized carbons (Fsp3) is 0.579. The maximum Gasteiger partial charge on any atom is 0.130 e. The number of nitrogens with one attached hydrogen (secondary N) is 1. The summed E-state index contributed by atoms with van der Waals surface area (Å²) < 4.78 is 6.09. The highest BCUT2D eigenvalue weighted by molar-refractivity contribution is 5.97. The Kier molecular flexibility index (Phi) is 3.55. The van der Waals surface area contributed by atoms with E-state index in [-0.39, 0.29) is 0 Å². The normalized spacial score (nSPS) is 21.1. The van der Waals surface area contributed by atoms with Crippen molar-refractivity contribution in [1.29, 1.82) is 0 Å². The monoisotopic (exact) mass is 324 g/mol. The van der Waals surface area contributed by atoms with E-state index in [1.54, 1.807) is 0 Å². The van der Waals surface area contributed by atoms with Crippen LogP contribution in [0.1, 0.15) is 31.2 Å². The molecule has 2 aromatic rings. The molecule has 2 aliphatic heterocycles. The smallest absolute Gasteiger partial charge is 0.130 e. The van der Waals surface area contributed by atoms with Gasteiger partial charge in [0, 0.05) is 49.1 Å². The van der Waals surface area contributed by atoms with Gasteiger partial charge in [-0.1, -0.05) is 0 Å². The molecule has 5 nitrogen and oxygen atoms in total. The van der Waals surface area contributed by atoms with Gasteiger partial charge in [-0.15, -0.1) is 0 Å². The van der Waals surface area contributed by atoms with Crippen LogP contribution in [0.4, 0.5) is 11.5 Å². The number of hydrogen-bond donors (Lipinski definition) is 1. The number of hydrogen-bond acceptors (Lipinski definition) is 5. The van der Waals surface area contributed by atoms with Gasteiger partial charge in [0.2, 0.25) is 0 Å². The molecule has 0 radical (unpaired) electrons. The number of ether oxygens (including phenoxy) is 1. The number of nitrogens with zero attached hydrogens (tertiary/aromatic N) is 3. The SMILES string of the molecule is c1cc(N2CCC(OCC3CC3)CC2)c2c3c(ncc2n1)NCC3. The number of piperidine rings is 1. The number of rotatable bonds is 4. The lowest BCUT2D eigenvalue weighted by Gasteiger charge is -2.34. The molecule has 5 rings (SSSR count). The van der Waals surface area contributed by atoms with E-state index in [0.717, 1.165) is 62.8 Å². The topological polar surface area (TPSA) is 50.3 Å². The summed E-state index contributed by atoms with van der Waals surface area (Å²) in [5.74, 6) is 1.90. The third kappa shape index (κ3) is 2.61. The first kappa shape index (κ1) is 14.5. The predicted molar refractivity (Wildman–Crippen MR) is 95.6 cm³/mol. The molecule has 1 aliphatic carbocycles. The van der Waals surface area contributed by atoms with Crippen molar-refractivity contribution in [2.24, 2.45) is 5.92 Å². The molecule has 1 N–H and O–H groups in total. The molecular weight excluding hydrogens is 300 g/mol. The standard InChI is InChI=1S/C19H24N4O/c1-2-13(1)12-24-14-5-9-23(10-6-14)17-4-8-20-16-11-22-19-15(18(16)17)3-7-21-19/h4,8,11,13-14H,1-3,5-7,9-10,12H2,(H,21,22). The summed E-state index contributed by atoms with van der Waals surface area (Å²) in [5, 5.41) is 4.68. The summed E-state index contributed by atoms with van der Waals surface area (Å²) in [6, 6.07) is 2.17. The number of fused-ring (bicyclic) bond motifs is 3. The third-order valence-corrected chi connectivity index (χ3v) is 5.58. The lowest BCUT2D eigenvalue weighted by molar-refractivity contribution is 0.0305. The van der Waals surface area contributed by atoms with Gasteiger partial charge < -0.3 is 15.0 Å². The molecule has 0 aromatic carbocycles. The van der Waals surface area contributed by atoms with E-state index in [2.05, 4.69) is 26.3 Å². The fourth-order valence-electron chi connectivity index (χ4n) is 3.98. The van der Waals surface area contributed by atoms with Crippen LogP contribution in [-0.2, 0) is 11.2 Å². The second kappa shape index (κ2) is 5.88. The van der Waals surface area contributed by atoms with Gasteiger partial charge in [0.25, 0.3) is 0 Å². The Morgan fingerprint density at radius 2 is 2.04 bits per heavy atom. The average molecular weight is 324 g/mol. The molecule has 24 heavy (non-hydrogen) atoms. The molecule has 0 bridgehead atoms. The molecule has 0 spiro atoms. The van der Waals surface area contributed by atoms with E-state index in [1.807, 2.05) is 12.4 Å². The largest absolute Gasteiger partial charge is 0.378 e. The van der Waals surface area contributed by atoms with Crippen LogP contribution in [-0.4, -0.2) is 42.3 Å². The summed E-state index contributed by atoms with van der Waals surface area (Å²) in [5.41, 5.74) is 3.67. The van der Waals surface area contributed by atoms with Gasteiger partial charge in [-0.05, 0) is 44.1 Å².